The fourth-order valence-corrected chi connectivity index (χ4v) is 1.68. The lowest BCUT2D eigenvalue weighted by molar-refractivity contribution is 0.0694. The van der Waals surface area contributed by atoms with Crippen molar-refractivity contribution in [2.24, 2.45) is 5.92 Å². The summed E-state index contributed by atoms with van der Waals surface area (Å²) in [7, 11) is 0. The van der Waals surface area contributed by atoms with Crippen molar-refractivity contribution < 1.29 is 9.90 Å². The van der Waals surface area contributed by atoms with Gasteiger partial charge in [-0.3, -0.25) is 0 Å². The van der Waals surface area contributed by atoms with Crippen molar-refractivity contribution in [1.82, 2.24) is 15.3 Å². The molecule has 0 aliphatic heterocycles. The van der Waals surface area contributed by atoms with Gasteiger partial charge >= 0.3 is 5.97 Å². The van der Waals surface area contributed by atoms with Gasteiger partial charge in [-0.1, -0.05) is 26.7 Å². The second-order valence-corrected chi connectivity index (χ2v) is 4.75. The molecule has 18 heavy (non-hydrogen) atoms. The van der Waals surface area contributed by atoms with Gasteiger partial charge in [0.1, 0.15) is 11.9 Å². The third-order valence-electron chi connectivity index (χ3n) is 2.70. The Balaban J connectivity index is 2.29. The fourth-order valence-electron chi connectivity index (χ4n) is 1.68. The molecule has 2 N–H and O–H groups in total. The highest BCUT2D eigenvalue weighted by molar-refractivity contribution is 5.88. The molecule has 1 aromatic rings. The van der Waals surface area contributed by atoms with Gasteiger partial charge < -0.3 is 10.4 Å². The number of hydrogen-bond donors (Lipinski definition) is 2. The molecule has 0 radical (unpaired) electrons. The minimum Gasteiger partial charge on any atom is -0.478 e. The first-order valence-electron chi connectivity index (χ1n) is 6.34. The molecule has 0 amide bonds. The van der Waals surface area contributed by atoms with E-state index in [2.05, 4.69) is 29.1 Å². The third-order valence-corrected chi connectivity index (χ3v) is 2.70. The van der Waals surface area contributed by atoms with E-state index in [1.807, 2.05) is 0 Å². The summed E-state index contributed by atoms with van der Waals surface area (Å²) >= 11 is 0. The number of rotatable bonds is 8. The van der Waals surface area contributed by atoms with Gasteiger partial charge in [-0.05, 0) is 18.9 Å². The highest BCUT2D eigenvalue weighted by Gasteiger charge is 2.10. The lowest BCUT2D eigenvalue weighted by Crippen LogP contribution is -2.18. The monoisotopic (exact) mass is 251 g/mol. The van der Waals surface area contributed by atoms with E-state index in [0.29, 0.717) is 12.2 Å². The Morgan fingerprint density at radius 2 is 2.22 bits per heavy atom. The summed E-state index contributed by atoms with van der Waals surface area (Å²) in [5, 5.41) is 12.2. The first kappa shape index (κ1) is 14.6. The van der Waals surface area contributed by atoms with Crippen LogP contribution in [0.2, 0.25) is 0 Å². The summed E-state index contributed by atoms with van der Waals surface area (Å²) in [4.78, 5) is 18.6. The van der Waals surface area contributed by atoms with Crippen LogP contribution in [-0.4, -0.2) is 27.6 Å². The molecule has 0 bridgehead atoms. The molecule has 0 spiro atoms. The van der Waals surface area contributed by atoms with Crippen molar-refractivity contribution in [1.29, 1.82) is 0 Å². The Hall–Kier alpha value is -1.49. The normalized spacial score (nSPS) is 10.8. The van der Waals surface area contributed by atoms with Crippen molar-refractivity contribution >= 4 is 5.97 Å². The first-order chi connectivity index (χ1) is 8.61. The van der Waals surface area contributed by atoms with Gasteiger partial charge in [0.2, 0.25) is 0 Å². The Morgan fingerprint density at radius 3 is 2.89 bits per heavy atom. The number of aromatic carboxylic acids is 1. The summed E-state index contributed by atoms with van der Waals surface area (Å²) < 4.78 is 0. The molecule has 0 aliphatic rings. The number of carboxylic acids is 1. The summed E-state index contributed by atoms with van der Waals surface area (Å²) in [6.45, 7) is 5.79. The zero-order chi connectivity index (χ0) is 13.4. The molecule has 0 fully saturated rings. The molecule has 5 nitrogen and oxygen atoms in total. The molecule has 0 saturated carbocycles. The van der Waals surface area contributed by atoms with Crippen LogP contribution in [0, 0.1) is 5.92 Å². The van der Waals surface area contributed by atoms with Crippen LogP contribution in [0.15, 0.2) is 12.5 Å². The number of carboxylic acid groups (broad SMARTS) is 1. The number of nitrogens with zero attached hydrogens (tertiary/aromatic N) is 2. The SMILES string of the molecule is CC(C)CCCCNCc1ncncc1C(=O)O. The molecule has 0 aliphatic carbocycles. The predicted octanol–water partition coefficient (Wildman–Crippen LogP) is 2.09. The molecule has 0 aromatic carbocycles. The van der Waals surface area contributed by atoms with Crippen molar-refractivity contribution in [3.63, 3.8) is 0 Å². The average Bonchev–Trinajstić information content (AvgIpc) is 2.33. The molecule has 1 aromatic heterocycles. The number of aromatic nitrogens is 2. The van der Waals surface area contributed by atoms with E-state index in [1.54, 1.807) is 0 Å². The van der Waals surface area contributed by atoms with Crippen LogP contribution in [0.25, 0.3) is 0 Å². The van der Waals surface area contributed by atoms with Gasteiger partial charge in [0, 0.05) is 12.7 Å². The quantitative estimate of drug-likeness (QED) is 0.692. The lowest BCUT2D eigenvalue weighted by atomic mass is 10.1. The molecular formula is C13H21N3O2. The topological polar surface area (TPSA) is 75.1 Å². The average molecular weight is 251 g/mol. The second kappa shape index (κ2) is 7.76. The molecule has 100 valence electrons. The molecule has 5 heteroatoms. The van der Waals surface area contributed by atoms with E-state index in [9.17, 15) is 4.79 Å². The maximum atomic E-state index is 10.9. The van der Waals surface area contributed by atoms with Gasteiger partial charge in [0.15, 0.2) is 0 Å². The Morgan fingerprint density at radius 1 is 1.44 bits per heavy atom. The van der Waals surface area contributed by atoms with Crippen LogP contribution in [0.1, 0.15) is 49.2 Å². The van der Waals surface area contributed by atoms with Crippen LogP contribution < -0.4 is 5.32 Å². The zero-order valence-electron chi connectivity index (χ0n) is 11.0. The first-order valence-corrected chi connectivity index (χ1v) is 6.34. The maximum Gasteiger partial charge on any atom is 0.339 e. The number of hydrogen-bond acceptors (Lipinski definition) is 4. The standard InChI is InChI=1S/C13H21N3O2/c1-10(2)5-3-4-6-14-8-12-11(13(17)18)7-15-9-16-12/h7,9-10,14H,3-6,8H2,1-2H3,(H,17,18). The van der Waals surface area contributed by atoms with Gasteiger partial charge in [-0.25, -0.2) is 14.8 Å². The van der Waals surface area contributed by atoms with Gasteiger partial charge in [0.25, 0.3) is 0 Å². The summed E-state index contributed by atoms with van der Waals surface area (Å²) in [5.74, 6) is -0.238. The van der Waals surface area contributed by atoms with E-state index >= 15 is 0 Å². The molecule has 1 heterocycles. The van der Waals surface area contributed by atoms with Crippen LogP contribution in [-0.2, 0) is 6.54 Å². The Labute approximate surface area is 108 Å². The van der Waals surface area contributed by atoms with Crippen molar-refractivity contribution in [3.8, 4) is 0 Å². The summed E-state index contributed by atoms with van der Waals surface area (Å²) in [6, 6.07) is 0. The number of unbranched alkanes of at least 4 members (excludes halogenated alkanes) is 1. The highest BCUT2D eigenvalue weighted by Crippen LogP contribution is 2.06. The van der Waals surface area contributed by atoms with Crippen molar-refractivity contribution in [2.45, 2.75) is 39.7 Å². The van der Waals surface area contributed by atoms with Gasteiger partial charge in [-0.2, -0.15) is 0 Å². The second-order valence-electron chi connectivity index (χ2n) is 4.75. The van der Waals surface area contributed by atoms with Crippen LogP contribution in [0.3, 0.4) is 0 Å². The van der Waals surface area contributed by atoms with Crippen molar-refractivity contribution in [3.05, 3.63) is 23.8 Å². The number of carbonyl (C=O) groups is 1. The molecule has 0 saturated heterocycles. The lowest BCUT2D eigenvalue weighted by Gasteiger charge is -2.07. The Bertz CT molecular complexity index is 380. The largest absolute Gasteiger partial charge is 0.478 e. The minimum absolute atomic E-state index is 0.173. The summed E-state index contributed by atoms with van der Waals surface area (Å²) in [5.41, 5.74) is 0.716. The minimum atomic E-state index is -0.979. The van der Waals surface area contributed by atoms with Crippen LogP contribution >= 0.6 is 0 Å². The van der Waals surface area contributed by atoms with Gasteiger partial charge in [0.05, 0.1) is 5.69 Å². The highest BCUT2D eigenvalue weighted by atomic mass is 16.4. The Kier molecular flexibility index (Phi) is 6.28. The molecule has 0 unspecified atom stereocenters. The van der Waals surface area contributed by atoms with Crippen LogP contribution in [0.5, 0.6) is 0 Å². The van der Waals surface area contributed by atoms with Gasteiger partial charge in [-0.15, -0.1) is 0 Å². The maximum absolute atomic E-state index is 10.9. The zero-order valence-corrected chi connectivity index (χ0v) is 11.0. The third kappa shape index (κ3) is 5.23. The molecule has 0 atom stereocenters. The van der Waals surface area contributed by atoms with Crippen LogP contribution in [0.4, 0.5) is 0 Å². The molecule has 1 rings (SSSR count). The van der Waals surface area contributed by atoms with E-state index < -0.39 is 5.97 Å². The van der Waals surface area contributed by atoms with E-state index in [-0.39, 0.29) is 5.56 Å². The fraction of sp³-hybridized carbons (Fsp3) is 0.615. The molecular weight excluding hydrogens is 230 g/mol. The van der Waals surface area contributed by atoms with E-state index in [1.165, 1.54) is 25.4 Å². The van der Waals surface area contributed by atoms with Crippen molar-refractivity contribution in [2.75, 3.05) is 6.54 Å². The predicted molar refractivity (Wildman–Crippen MR) is 69.4 cm³/mol. The smallest absolute Gasteiger partial charge is 0.339 e. The summed E-state index contributed by atoms with van der Waals surface area (Å²) in [6.07, 6.45) is 6.24. The number of nitrogens with one attached hydrogen (secondary N) is 1. The van der Waals surface area contributed by atoms with E-state index in [0.717, 1.165) is 18.9 Å². The van der Waals surface area contributed by atoms with E-state index in [4.69, 9.17) is 5.11 Å².